The van der Waals surface area contributed by atoms with Crippen LogP contribution in [0.2, 0.25) is 0 Å². The number of non-ortho nitro benzene ring substituents is 2. The van der Waals surface area contributed by atoms with E-state index in [9.17, 15) is 25.0 Å². The average molecular weight is 439 g/mol. The first kappa shape index (κ1) is 20.5. The number of thioether (sulfide) groups is 1. The lowest BCUT2D eigenvalue weighted by Gasteiger charge is -2.36. The first-order chi connectivity index (χ1) is 14.9. The van der Waals surface area contributed by atoms with E-state index < -0.39 is 9.85 Å². The fourth-order valence-electron chi connectivity index (χ4n) is 3.35. The molecule has 0 aliphatic carbocycles. The Morgan fingerprint density at radius 3 is 2.19 bits per heavy atom. The van der Waals surface area contributed by atoms with Crippen LogP contribution in [0.5, 0.6) is 0 Å². The second kappa shape index (κ2) is 8.56. The quantitative estimate of drug-likeness (QED) is 0.404. The van der Waals surface area contributed by atoms with Crippen molar-refractivity contribution in [3.05, 3.63) is 79.2 Å². The minimum absolute atomic E-state index is 0.0340. The van der Waals surface area contributed by atoms with Gasteiger partial charge in [0.15, 0.2) is 5.17 Å². The molecule has 0 unspecified atom stereocenters. The molecule has 0 saturated carbocycles. The van der Waals surface area contributed by atoms with Crippen LogP contribution < -0.4 is 4.90 Å². The van der Waals surface area contributed by atoms with Crippen molar-refractivity contribution in [3.8, 4) is 0 Å². The molecule has 0 N–H and O–H groups in total. The molecule has 0 spiro atoms. The third kappa shape index (κ3) is 4.56. The molecule has 1 saturated heterocycles. The van der Waals surface area contributed by atoms with Gasteiger partial charge in [0.25, 0.3) is 17.3 Å². The summed E-state index contributed by atoms with van der Waals surface area (Å²) in [5.41, 5.74) is 1.51. The van der Waals surface area contributed by atoms with Gasteiger partial charge < -0.3 is 9.80 Å². The first-order valence-electron chi connectivity index (χ1n) is 9.42. The van der Waals surface area contributed by atoms with Gasteiger partial charge in [-0.1, -0.05) is 12.1 Å². The number of benzene rings is 2. The molecule has 2 aliphatic heterocycles. The van der Waals surface area contributed by atoms with Crippen molar-refractivity contribution in [1.29, 1.82) is 0 Å². The number of hydrogen-bond donors (Lipinski definition) is 0. The molecule has 1 fully saturated rings. The van der Waals surface area contributed by atoms with Gasteiger partial charge in [-0.25, -0.2) is 0 Å². The summed E-state index contributed by atoms with van der Waals surface area (Å²) in [4.78, 5) is 41.9. The Morgan fingerprint density at radius 2 is 1.55 bits per heavy atom. The van der Waals surface area contributed by atoms with Crippen LogP contribution in [0.1, 0.15) is 5.56 Å². The van der Waals surface area contributed by atoms with Crippen molar-refractivity contribution in [2.45, 2.75) is 0 Å². The third-order valence-corrected chi connectivity index (χ3v) is 6.01. The van der Waals surface area contributed by atoms with E-state index in [4.69, 9.17) is 0 Å². The molecular weight excluding hydrogens is 422 g/mol. The predicted octanol–water partition coefficient (Wildman–Crippen LogP) is 3.30. The number of rotatable bonds is 4. The van der Waals surface area contributed by atoms with Gasteiger partial charge in [0.2, 0.25) is 0 Å². The summed E-state index contributed by atoms with van der Waals surface area (Å²) in [5.74, 6) is -0.357. The standard InChI is InChI=1S/C20H17N5O5S/c26-19-18(13-14-2-1-3-17(12-14)25(29)30)31-20(21-19)23-10-8-22(9-11-23)15-4-6-16(7-5-15)24(27)28/h1-7,12-13H,8-11H2/b18-13-. The highest BCUT2D eigenvalue weighted by Gasteiger charge is 2.28. The average Bonchev–Trinajstić information content (AvgIpc) is 3.14. The normalized spacial score (nSPS) is 17.7. The Kier molecular flexibility index (Phi) is 5.67. The van der Waals surface area contributed by atoms with Crippen LogP contribution in [0.25, 0.3) is 6.08 Å². The Balaban J connectivity index is 1.39. The maximum absolute atomic E-state index is 12.3. The third-order valence-electron chi connectivity index (χ3n) is 4.96. The van der Waals surface area contributed by atoms with E-state index in [0.29, 0.717) is 41.8 Å². The van der Waals surface area contributed by atoms with E-state index in [1.807, 2.05) is 4.90 Å². The molecule has 158 valence electrons. The molecule has 0 radical (unpaired) electrons. The summed E-state index contributed by atoms with van der Waals surface area (Å²) in [5, 5.41) is 22.4. The zero-order chi connectivity index (χ0) is 22.0. The van der Waals surface area contributed by atoms with Gasteiger partial charge in [0.1, 0.15) is 0 Å². The number of piperazine rings is 1. The van der Waals surface area contributed by atoms with Crippen LogP contribution >= 0.6 is 11.8 Å². The maximum atomic E-state index is 12.3. The van der Waals surface area contributed by atoms with Crippen LogP contribution in [0.3, 0.4) is 0 Å². The Labute approximate surface area is 181 Å². The summed E-state index contributed by atoms with van der Waals surface area (Å²) in [7, 11) is 0. The van der Waals surface area contributed by atoms with Gasteiger partial charge in [-0.05, 0) is 35.5 Å². The molecule has 0 atom stereocenters. The molecule has 0 bridgehead atoms. The lowest BCUT2D eigenvalue weighted by molar-refractivity contribution is -0.385. The smallest absolute Gasteiger partial charge is 0.286 e. The number of carbonyl (C=O) groups is 1. The number of nitrogens with zero attached hydrogens (tertiary/aromatic N) is 5. The zero-order valence-electron chi connectivity index (χ0n) is 16.2. The van der Waals surface area contributed by atoms with E-state index in [-0.39, 0.29) is 17.3 Å². The predicted molar refractivity (Wildman–Crippen MR) is 118 cm³/mol. The molecular formula is C20H17N5O5S. The number of anilines is 1. The van der Waals surface area contributed by atoms with Crippen LogP contribution in [0.15, 0.2) is 58.4 Å². The molecule has 11 heteroatoms. The van der Waals surface area contributed by atoms with Crippen molar-refractivity contribution in [2.75, 3.05) is 31.1 Å². The molecule has 2 aromatic carbocycles. The lowest BCUT2D eigenvalue weighted by atomic mass is 10.2. The second-order valence-electron chi connectivity index (χ2n) is 6.91. The topological polar surface area (TPSA) is 122 Å². The lowest BCUT2D eigenvalue weighted by Crippen LogP contribution is -2.47. The number of nitro groups is 2. The molecule has 4 rings (SSSR count). The van der Waals surface area contributed by atoms with E-state index >= 15 is 0 Å². The fourth-order valence-corrected chi connectivity index (χ4v) is 4.32. The van der Waals surface area contributed by atoms with E-state index in [1.165, 1.54) is 36.0 Å². The van der Waals surface area contributed by atoms with Crippen LogP contribution in [-0.4, -0.2) is 52.0 Å². The summed E-state index contributed by atoms with van der Waals surface area (Å²) in [6.45, 7) is 2.69. The Bertz CT molecular complexity index is 1110. The fraction of sp³-hybridized carbons (Fsp3) is 0.200. The highest BCUT2D eigenvalue weighted by atomic mass is 32.2. The van der Waals surface area contributed by atoms with Crippen molar-refractivity contribution < 1.29 is 14.6 Å². The van der Waals surface area contributed by atoms with E-state index in [1.54, 1.807) is 30.3 Å². The highest BCUT2D eigenvalue weighted by molar-refractivity contribution is 8.18. The SMILES string of the molecule is O=C1N=C(N2CCN(c3ccc([N+](=O)[O-])cc3)CC2)S/C1=C\c1cccc([N+](=O)[O-])c1. The summed E-state index contributed by atoms with van der Waals surface area (Å²) in [6, 6.07) is 12.5. The van der Waals surface area contributed by atoms with Crippen LogP contribution in [-0.2, 0) is 4.79 Å². The van der Waals surface area contributed by atoms with Crippen LogP contribution in [0, 0.1) is 20.2 Å². The molecule has 2 aromatic rings. The van der Waals surface area contributed by atoms with E-state index in [2.05, 4.69) is 9.89 Å². The van der Waals surface area contributed by atoms with Crippen molar-refractivity contribution in [1.82, 2.24) is 4.90 Å². The maximum Gasteiger partial charge on any atom is 0.286 e. The highest BCUT2D eigenvalue weighted by Crippen LogP contribution is 2.31. The number of amidine groups is 1. The van der Waals surface area contributed by atoms with Gasteiger partial charge in [0, 0.05) is 56.1 Å². The number of amides is 1. The van der Waals surface area contributed by atoms with Crippen molar-refractivity contribution >= 4 is 46.0 Å². The largest absolute Gasteiger partial charge is 0.368 e. The Morgan fingerprint density at radius 1 is 0.903 bits per heavy atom. The van der Waals surface area contributed by atoms with Gasteiger partial charge in [-0.2, -0.15) is 4.99 Å². The second-order valence-corrected chi connectivity index (χ2v) is 7.92. The van der Waals surface area contributed by atoms with Gasteiger partial charge in [-0.15, -0.1) is 0 Å². The molecule has 2 heterocycles. The van der Waals surface area contributed by atoms with Gasteiger partial charge in [-0.3, -0.25) is 25.0 Å². The summed E-state index contributed by atoms with van der Waals surface area (Å²) >= 11 is 1.26. The molecule has 2 aliphatic rings. The van der Waals surface area contributed by atoms with E-state index in [0.717, 1.165) is 5.69 Å². The van der Waals surface area contributed by atoms with Crippen molar-refractivity contribution in [2.24, 2.45) is 4.99 Å². The molecule has 1 amide bonds. The zero-order valence-corrected chi connectivity index (χ0v) is 17.0. The number of nitro benzene ring substituents is 2. The number of aliphatic imine (C=N–C) groups is 1. The van der Waals surface area contributed by atoms with Gasteiger partial charge >= 0.3 is 0 Å². The minimum atomic E-state index is -0.474. The minimum Gasteiger partial charge on any atom is -0.368 e. The number of hydrogen-bond acceptors (Lipinski definition) is 8. The van der Waals surface area contributed by atoms with Crippen LogP contribution in [0.4, 0.5) is 17.1 Å². The first-order valence-corrected chi connectivity index (χ1v) is 10.2. The molecule has 10 nitrogen and oxygen atoms in total. The monoisotopic (exact) mass is 439 g/mol. The summed E-state index contributed by atoms with van der Waals surface area (Å²) < 4.78 is 0. The molecule has 31 heavy (non-hydrogen) atoms. The Hall–Kier alpha value is -3.73. The van der Waals surface area contributed by atoms with Gasteiger partial charge in [0.05, 0.1) is 14.8 Å². The number of carbonyl (C=O) groups excluding carboxylic acids is 1. The molecule has 0 aromatic heterocycles. The summed E-state index contributed by atoms with van der Waals surface area (Å²) in [6.07, 6.45) is 1.61. The van der Waals surface area contributed by atoms with Crippen molar-refractivity contribution in [3.63, 3.8) is 0 Å².